The molecule has 1 aromatic heterocycles. The standard InChI is InChI=1S/C57H48N2/c1-5-18-50-44(14-1)46-26-24-43(35-53(46)56(50)28-9-10-29-56)58(40-12-11-13-41(33-40)59-54-20-7-3-16-47(54)48-17-4-8-21-55(48)59)42-25-27-52-49(34-42)45-15-2-6-19-51(45)57(52)38-23-22-36-30-39(57)32-37(36)31-38/h1-8,11-21,24-27,33-39H,9-10,22-23,28-32H2. The Labute approximate surface area is 347 Å². The van der Waals surface area contributed by atoms with Crippen LogP contribution in [0.5, 0.6) is 0 Å². The Morgan fingerprint density at radius 2 is 1.05 bits per heavy atom. The van der Waals surface area contributed by atoms with Crippen LogP contribution in [0, 0.1) is 23.7 Å². The molecule has 2 spiro atoms. The third-order valence-corrected chi connectivity index (χ3v) is 16.9. The number of para-hydroxylation sites is 2. The van der Waals surface area contributed by atoms with E-state index in [2.05, 4.69) is 167 Å². The average molecular weight is 761 g/mol. The Kier molecular flexibility index (Phi) is 6.65. The van der Waals surface area contributed by atoms with E-state index in [0.29, 0.717) is 0 Å². The average Bonchev–Trinajstić information content (AvgIpc) is 4.09. The van der Waals surface area contributed by atoms with Gasteiger partial charge in [-0.15, -0.1) is 0 Å². The quantitative estimate of drug-likeness (QED) is 0.173. The number of hydrogen-bond donors (Lipinski definition) is 0. The van der Waals surface area contributed by atoms with Crippen molar-refractivity contribution in [1.29, 1.82) is 0 Å². The molecule has 0 radical (unpaired) electrons. The first-order valence-corrected chi connectivity index (χ1v) is 22.6. The van der Waals surface area contributed by atoms with Gasteiger partial charge >= 0.3 is 0 Å². The van der Waals surface area contributed by atoms with Crippen molar-refractivity contribution in [2.75, 3.05) is 4.90 Å². The van der Waals surface area contributed by atoms with Gasteiger partial charge in [0.05, 0.1) is 11.0 Å². The molecule has 5 unspecified atom stereocenters. The Balaban J connectivity index is 0.994. The molecule has 2 heteroatoms. The molecule has 6 aliphatic rings. The maximum Gasteiger partial charge on any atom is 0.0541 e. The highest BCUT2D eigenvalue weighted by atomic mass is 15.1. The van der Waals surface area contributed by atoms with Crippen LogP contribution >= 0.6 is 0 Å². The molecule has 3 bridgehead atoms. The van der Waals surface area contributed by atoms with Gasteiger partial charge in [-0.25, -0.2) is 0 Å². The number of nitrogens with zero attached hydrogens (tertiary/aromatic N) is 2. The third-order valence-electron chi connectivity index (χ3n) is 16.9. The first kappa shape index (κ1) is 33.0. The number of rotatable bonds is 4. The van der Waals surface area contributed by atoms with Gasteiger partial charge in [0, 0.05) is 44.4 Å². The van der Waals surface area contributed by atoms with Crippen molar-refractivity contribution in [3.63, 3.8) is 0 Å². The fourth-order valence-corrected chi connectivity index (χ4v) is 14.7. The van der Waals surface area contributed by atoms with Crippen molar-refractivity contribution in [3.05, 3.63) is 180 Å². The van der Waals surface area contributed by atoms with Crippen LogP contribution in [0.2, 0.25) is 0 Å². The fourth-order valence-electron chi connectivity index (χ4n) is 14.7. The predicted molar refractivity (Wildman–Crippen MR) is 243 cm³/mol. The molecule has 5 atom stereocenters. The highest BCUT2D eigenvalue weighted by Crippen LogP contribution is 2.70. The Morgan fingerprint density at radius 3 is 1.86 bits per heavy atom. The molecule has 14 rings (SSSR count). The number of aromatic nitrogens is 1. The first-order chi connectivity index (χ1) is 29.2. The van der Waals surface area contributed by atoms with Gasteiger partial charge in [0.25, 0.3) is 0 Å². The van der Waals surface area contributed by atoms with Gasteiger partial charge in [0.1, 0.15) is 0 Å². The Hall–Kier alpha value is -5.86. The van der Waals surface area contributed by atoms with Crippen molar-refractivity contribution in [3.8, 4) is 27.9 Å². The molecule has 59 heavy (non-hydrogen) atoms. The second-order valence-corrected chi connectivity index (χ2v) is 19.1. The molecule has 4 fully saturated rings. The maximum atomic E-state index is 2.60. The van der Waals surface area contributed by atoms with Crippen LogP contribution in [0.25, 0.3) is 49.7 Å². The SMILES string of the molecule is c1cc(N(c2ccc3c(c2)-c2ccccc2C32C3CCC4CC2CC4C3)c2ccc3c(c2)C2(CCCC2)c2ccccc2-3)cc(-n2c3ccccc3c3ccccc32)c1. The highest BCUT2D eigenvalue weighted by molar-refractivity contribution is 6.09. The lowest BCUT2D eigenvalue weighted by atomic mass is 9.54. The summed E-state index contributed by atoms with van der Waals surface area (Å²) in [6.45, 7) is 0. The second kappa shape index (κ2) is 11.9. The molecule has 4 saturated carbocycles. The van der Waals surface area contributed by atoms with Crippen LogP contribution in [0.4, 0.5) is 17.1 Å². The second-order valence-electron chi connectivity index (χ2n) is 19.1. The van der Waals surface area contributed by atoms with Crippen molar-refractivity contribution >= 4 is 38.9 Å². The summed E-state index contributed by atoms with van der Waals surface area (Å²) < 4.78 is 2.47. The van der Waals surface area contributed by atoms with Crippen LogP contribution in [0.1, 0.15) is 80.0 Å². The van der Waals surface area contributed by atoms with Crippen LogP contribution in [-0.2, 0) is 10.8 Å². The lowest BCUT2D eigenvalue weighted by Gasteiger charge is -2.49. The van der Waals surface area contributed by atoms with E-state index in [-0.39, 0.29) is 10.8 Å². The summed E-state index contributed by atoms with van der Waals surface area (Å²) >= 11 is 0. The zero-order valence-corrected chi connectivity index (χ0v) is 33.6. The maximum absolute atomic E-state index is 2.60. The smallest absolute Gasteiger partial charge is 0.0541 e. The normalized spacial score (nSPS) is 24.9. The summed E-state index contributed by atoms with van der Waals surface area (Å²) in [7, 11) is 0. The Morgan fingerprint density at radius 1 is 0.441 bits per heavy atom. The van der Waals surface area contributed by atoms with Gasteiger partial charge in [0.15, 0.2) is 0 Å². The molecule has 6 aliphatic carbocycles. The molecule has 0 N–H and O–H groups in total. The van der Waals surface area contributed by atoms with E-state index in [1.54, 1.807) is 16.7 Å². The molecule has 0 amide bonds. The number of fused-ring (bicyclic) bond motifs is 17. The highest BCUT2D eigenvalue weighted by Gasteiger charge is 2.62. The summed E-state index contributed by atoms with van der Waals surface area (Å²) in [6, 6.07) is 61.1. The summed E-state index contributed by atoms with van der Waals surface area (Å²) in [5.74, 6) is 3.40. The molecule has 1 heterocycles. The lowest BCUT2D eigenvalue weighted by Crippen LogP contribution is -2.45. The molecule has 0 aliphatic heterocycles. The van der Waals surface area contributed by atoms with Gasteiger partial charge in [0.2, 0.25) is 0 Å². The molecule has 7 aromatic carbocycles. The minimum atomic E-state index is 0.0982. The Bertz CT molecular complexity index is 2990. The van der Waals surface area contributed by atoms with E-state index >= 15 is 0 Å². The van der Waals surface area contributed by atoms with Crippen LogP contribution in [-0.4, -0.2) is 4.57 Å². The van der Waals surface area contributed by atoms with Gasteiger partial charge < -0.3 is 9.47 Å². The predicted octanol–water partition coefficient (Wildman–Crippen LogP) is 14.8. The molecule has 286 valence electrons. The van der Waals surface area contributed by atoms with Gasteiger partial charge in [-0.05, 0) is 168 Å². The minimum Gasteiger partial charge on any atom is -0.310 e. The minimum absolute atomic E-state index is 0.0982. The molecular formula is C57H48N2. The van der Waals surface area contributed by atoms with E-state index in [1.807, 2.05) is 0 Å². The zero-order valence-electron chi connectivity index (χ0n) is 33.6. The summed E-state index contributed by atoms with van der Waals surface area (Å²) in [5.41, 5.74) is 19.7. The van der Waals surface area contributed by atoms with Crippen LogP contribution < -0.4 is 4.90 Å². The molecule has 0 saturated heterocycles. The summed E-state index contributed by atoms with van der Waals surface area (Å²) in [6.07, 6.45) is 12.1. The van der Waals surface area contributed by atoms with Crippen LogP contribution in [0.15, 0.2) is 158 Å². The van der Waals surface area contributed by atoms with Gasteiger partial charge in [-0.3, -0.25) is 0 Å². The fraction of sp³-hybridized carbons (Fsp3) is 0.263. The first-order valence-electron chi connectivity index (χ1n) is 22.6. The van der Waals surface area contributed by atoms with E-state index in [0.717, 1.165) is 23.7 Å². The van der Waals surface area contributed by atoms with Crippen molar-refractivity contribution in [2.45, 2.75) is 68.6 Å². The zero-order chi connectivity index (χ0) is 38.5. The van der Waals surface area contributed by atoms with Gasteiger partial charge in [-0.1, -0.05) is 116 Å². The van der Waals surface area contributed by atoms with Crippen LogP contribution in [0.3, 0.4) is 0 Å². The van der Waals surface area contributed by atoms with Crippen molar-refractivity contribution < 1.29 is 0 Å². The van der Waals surface area contributed by atoms with E-state index in [1.165, 1.54) is 130 Å². The van der Waals surface area contributed by atoms with Crippen molar-refractivity contribution in [1.82, 2.24) is 4.57 Å². The van der Waals surface area contributed by atoms with E-state index in [4.69, 9.17) is 0 Å². The van der Waals surface area contributed by atoms with Crippen molar-refractivity contribution in [2.24, 2.45) is 23.7 Å². The lowest BCUT2D eigenvalue weighted by molar-refractivity contribution is 0.106. The molecular weight excluding hydrogens is 713 g/mol. The topological polar surface area (TPSA) is 8.17 Å². The largest absolute Gasteiger partial charge is 0.310 e. The van der Waals surface area contributed by atoms with Gasteiger partial charge in [-0.2, -0.15) is 0 Å². The third kappa shape index (κ3) is 4.22. The monoisotopic (exact) mass is 760 g/mol. The molecule has 8 aromatic rings. The summed E-state index contributed by atoms with van der Waals surface area (Å²) in [4.78, 5) is 2.59. The van der Waals surface area contributed by atoms with E-state index < -0.39 is 0 Å². The number of anilines is 3. The summed E-state index contributed by atoms with van der Waals surface area (Å²) in [5, 5.41) is 2.59. The number of hydrogen-bond acceptors (Lipinski definition) is 1. The number of benzene rings is 7. The van der Waals surface area contributed by atoms with E-state index in [9.17, 15) is 0 Å². The molecule has 2 nitrogen and oxygen atoms in total.